The highest BCUT2D eigenvalue weighted by molar-refractivity contribution is 6.46. The van der Waals surface area contributed by atoms with Crippen LogP contribution in [0.1, 0.15) is 17.2 Å². The number of likely N-dealkylation sites (N-methyl/N-ethyl adjacent to an activating group) is 1. The maximum atomic E-state index is 13.1. The second-order valence-electron chi connectivity index (χ2n) is 8.13. The molecule has 4 rings (SSSR count). The Kier molecular flexibility index (Phi) is 5.97. The van der Waals surface area contributed by atoms with Crippen molar-refractivity contribution in [1.29, 1.82) is 0 Å². The van der Waals surface area contributed by atoms with Gasteiger partial charge in [0.15, 0.2) is 0 Å². The molecular weight excluding hydrogens is 404 g/mol. The second kappa shape index (κ2) is 8.85. The van der Waals surface area contributed by atoms with Crippen LogP contribution in [0.2, 0.25) is 0 Å². The lowest BCUT2D eigenvalue weighted by atomic mass is 9.94. The number of rotatable bonds is 6. The van der Waals surface area contributed by atoms with Crippen LogP contribution < -0.4 is 4.74 Å². The number of hydrogen-bond donors (Lipinski definition) is 1. The Balaban J connectivity index is 1.83. The summed E-state index contributed by atoms with van der Waals surface area (Å²) in [5.74, 6) is -0.676. The molecule has 3 aromatic rings. The van der Waals surface area contributed by atoms with Gasteiger partial charge in [-0.05, 0) is 48.6 Å². The lowest BCUT2D eigenvalue weighted by Gasteiger charge is -2.26. The zero-order valence-electron chi connectivity index (χ0n) is 18.4. The number of nitrogens with zero attached hydrogens (tertiary/aromatic N) is 2. The first-order chi connectivity index (χ1) is 15.4. The highest BCUT2D eigenvalue weighted by Crippen LogP contribution is 2.39. The molecular formula is C26H26N2O4. The Bertz CT molecular complexity index is 1200. The van der Waals surface area contributed by atoms with Crippen LogP contribution in [-0.4, -0.2) is 60.9 Å². The van der Waals surface area contributed by atoms with Gasteiger partial charge in [0, 0.05) is 18.7 Å². The summed E-state index contributed by atoms with van der Waals surface area (Å²) in [5, 5.41) is 13.1. The molecule has 6 nitrogen and oxygen atoms in total. The largest absolute Gasteiger partial charge is 0.507 e. The molecule has 1 fully saturated rings. The third-order valence-electron chi connectivity index (χ3n) is 5.76. The van der Waals surface area contributed by atoms with E-state index in [0.29, 0.717) is 18.7 Å². The fourth-order valence-electron chi connectivity index (χ4n) is 4.05. The summed E-state index contributed by atoms with van der Waals surface area (Å²) in [6.45, 7) is 0.986. The first-order valence-corrected chi connectivity index (χ1v) is 10.5. The average Bonchev–Trinajstić information content (AvgIpc) is 3.06. The molecule has 6 heteroatoms. The minimum absolute atomic E-state index is 0.118. The summed E-state index contributed by atoms with van der Waals surface area (Å²) in [4.78, 5) is 29.5. The van der Waals surface area contributed by atoms with Gasteiger partial charge in [-0.15, -0.1) is 0 Å². The normalized spacial score (nSPS) is 18.0. The monoisotopic (exact) mass is 430 g/mol. The number of amides is 1. The van der Waals surface area contributed by atoms with Crippen LogP contribution in [-0.2, 0) is 9.59 Å². The smallest absolute Gasteiger partial charge is 0.295 e. The number of likely N-dealkylation sites (tertiary alicyclic amines) is 1. The third-order valence-corrected chi connectivity index (χ3v) is 5.76. The van der Waals surface area contributed by atoms with Crippen molar-refractivity contribution in [2.24, 2.45) is 0 Å². The molecule has 0 saturated carbocycles. The zero-order chi connectivity index (χ0) is 22.8. The van der Waals surface area contributed by atoms with E-state index in [2.05, 4.69) is 0 Å². The fourth-order valence-corrected chi connectivity index (χ4v) is 4.05. The summed E-state index contributed by atoms with van der Waals surface area (Å²) >= 11 is 0. The number of aliphatic hydroxyl groups is 1. The quantitative estimate of drug-likeness (QED) is 0.366. The van der Waals surface area contributed by atoms with Gasteiger partial charge in [0.05, 0.1) is 18.7 Å². The molecule has 1 saturated heterocycles. The number of Topliss-reactive ketones (excluding diaryl/α,β-unsaturated/α-hetero) is 1. The third kappa shape index (κ3) is 3.97. The molecule has 1 heterocycles. The molecule has 32 heavy (non-hydrogen) atoms. The Morgan fingerprint density at radius 1 is 1.00 bits per heavy atom. The van der Waals surface area contributed by atoms with E-state index < -0.39 is 17.7 Å². The number of ether oxygens (including phenoxy) is 1. The van der Waals surface area contributed by atoms with Gasteiger partial charge in [-0.1, -0.05) is 48.5 Å². The number of benzene rings is 3. The molecule has 1 unspecified atom stereocenters. The van der Waals surface area contributed by atoms with Gasteiger partial charge >= 0.3 is 0 Å². The molecule has 1 atom stereocenters. The molecule has 164 valence electrons. The Morgan fingerprint density at radius 2 is 1.69 bits per heavy atom. The predicted molar refractivity (Wildman–Crippen MR) is 125 cm³/mol. The molecule has 0 spiro atoms. The van der Waals surface area contributed by atoms with Crippen molar-refractivity contribution in [1.82, 2.24) is 9.80 Å². The number of aliphatic hydroxyl groups excluding tert-OH is 1. The van der Waals surface area contributed by atoms with Crippen molar-refractivity contribution in [3.05, 3.63) is 83.4 Å². The van der Waals surface area contributed by atoms with Crippen LogP contribution in [0.4, 0.5) is 0 Å². The van der Waals surface area contributed by atoms with Gasteiger partial charge < -0.3 is 19.6 Å². The van der Waals surface area contributed by atoms with Gasteiger partial charge in [-0.25, -0.2) is 0 Å². The maximum absolute atomic E-state index is 13.1. The number of fused-ring (bicyclic) bond motifs is 1. The lowest BCUT2D eigenvalue weighted by molar-refractivity contribution is -0.140. The first kappa shape index (κ1) is 21.6. The fraction of sp³-hybridized carbons (Fsp3) is 0.231. The Morgan fingerprint density at radius 3 is 2.38 bits per heavy atom. The van der Waals surface area contributed by atoms with E-state index in [1.807, 2.05) is 79.7 Å². The topological polar surface area (TPSA) is 70.1 Å². The van der Waals surface area contributed by atoms with Crippen molar-refractivity contribution in [3.63, 3.8) is 0 Å². The van der Waals surface area contributed by atoms with E-state index in [9.17, 15) is 14.7 Å². The van der Waals surface area contributed by atoms with Gasteiger partial charge in [0.2, 0.25) is 0 Å². The molecule has 3 aromatic carbocycles. The molecule has 1 N–H and O–H groups in total. The van der Waals surface area contributed by atoms with E-state index in [4.69, 9.17) is 4.74 Å². The molecule has 0 aromatic heterocycles. The van der Waals surface area contributed by atoms with Crippen LogP contribution >= 0.6 is 0 Å². The van der Waals surface area contributed by atoms with Crippen LogP contribution in [0.25, 0.3) is 16.5 Å². The molecule has 0 radical (unpaired) electrons. The molecule has 1 aliphatic heterocycles. The van der Waals surface area contributed by atoms with E-state index in [0.717, 1.165) is 22.1 Å². The molecule has 0 aliphatic carbocycles. The van der Waals surface area contributed by atoms with Crippen molar-refractivity contribution < 1.29 is 19.4 Å². The molecule has 0 bridgehead atoms. The lowest BCUT2D eigenvalue weighted by Crippen LogP contribution is -2.35. The van der Waals surface area contributed by atoms with Crippen molar-refractivity contribution in [2.75, 3.05) is 34.3 Å². The van der Waals surface area contributed by atoms with Crippen molar-refractivity contribution >= 4 is 28.2 Å². The van der Waals surface area contributed by atoms with Gasteiger partial charge in [0.1, 0.15) is 11.5 Å². The van der Waals surface area contributed by atoms with Gasteiger partial charge in [-0.3, -0.25) is 9.59 Å². The number of methoxy groups -OCH3 is 1. The zero-order valence-corrected chi connectivity index (χ0v) is 18.4. The van der Waals surface area contributed by atoms with E-state index >= 15 is 0 Å². The highest BCUT2D eigenvalue weighted by Gasteiger charge is 2.45. The van der Waals surface area contributed by atoms with E-state index in [1.54, 1.807) is 18.1 Å². The van der Waals surface area contributed by atoms with Gasteiger partial charge in [-0.2, -0.15) is 0 Å². The van der Waals surface area contributed by atoms with Crippen LogP contribution in [0.3, 0.4) is 0 Å². The minimum atomic E-state index is -0.662. The number of carbonyl (C=O) groups excluding carboxylic acids is 2. The van der Waals surface area contributed by atoms with Crippen molar-refractivity contribution in [2.45, 2.75) is 6.04 Å². The Hall–Kier alpha value is -3.64. The summed E-state index contributed by atoms with van der Waals surface area (Å²) in [7, 11) is 5.44. The average molecular weight is 431 g/mol. The summed E-state index contributed by atoms with van der Waals surface area (Å²) in [6, 6.07) is 19.8. The SMILES string of the molecule is COc1ccc2cc(/C(O)=C3\C(=O)C(=O)N(CCN(C)C)C3c3ccccc3)ccc2c1. The highest BCUT2D eigenvalue weighted by atomic mass is 16.5. The summed E-state index contributed by atoms with van der Waals surface area (Å²) in [6.07, 6.45) is 0. The minimum Gasteiger partial charge on any atom is -0.507 e. The van der Waals surface area contributed by atoms with E-state index in [1.165, 1.54) is 0 Å². The summed E-state index contributed by atoms with van der Waals surface area (Å²) in [5.41, 5.74) is 1.40. The molecule has 1 aliphatic rings. The van der Waals surface area contributed by atoms with Crippen molar-refractivity contribution in [3.8, 4) is 5.75 Å². The molecule has 1 amide bonds. The van der Waals surface area contributed by atoms with Crippen LogP contribution in [0, 0.1) is 0 Å². The number of hydrogen-bond acceptors (Lipinski definition) is 5. The number of carbonyl (C=O) groups is 2. The first-order valence-electron chi connectivity index (χ1n) is 10.5. The van der Waals surface area contributed by atoms with E-state index in [-0.39, 0.29) is 11.3 Å². The number of ketones is 1. The van der Waals surface area contributed by atoms with Crippen LogP contribution in [0.5, 0.6) is 5.75 Å². The van der Waals surface area contributed by atoms with Gasteiger partial charge in [0.25, 0.3) is 11.7 Å². The Labute approximate surface area is 187 Å². The standard InChI is InChI=1S/C26H26N2O4/c1-27(2)13-14-28-23(17-7-5-4-6-8-17)22(25(30)26(28)31)24(29)20-10-9-19-16-21(32-3)12-11-18(19)15-20/h4-12,15-16,23,29H,13-14H2,1-3H3/b24-22+. The maximum Gasteiger partial charge on any atom is 0.295 e. The predicted octanol–water partition coefficient (Wildman–Crippen LogP) is 3.83. The van der Waals surface area contributed by atoms with Crippen LogP contribution in [0.15, 0.2) is 72.3 Å². The summed E-state index contributed by atoms with van der Waals surface area (Å²) < 4.78 is 5.27. The second-order valence-corrected chi connectivity index (χ2v) is 8.13.